The first-order valence-corrected chi connectivity index (χ1v) is 24.3. The summed E-state index contributed by atoms with van der Waals surface area (Å²) in [7, 11) is 0. The Morgan fingerprint density at radius 3 is 1.40 bits per heavy atom. The fourth-order valence-electron chi connectivity index (χ4n) is 7.64. The van der Waals surface area contributed by atoms with Crippen molar-refractivity contribution in [2.45, 2.75) is 240 Å². The summed E-state index contributed by atoms with van der Waals surface area (Å²) >= 11 is 0. The summed E-state index contributed by atoms with van der Waals surface area (Å²) in [4.78, 5) is 29.1. The van der Waals surface area contributed by atoms with E-state index in [2.05, 4.69) is 51.0 Å². The number of esters is 2. The smallest absolute Gasteiger partial charge is 0.307 e. The number of carbonyl (C=O) groups excluding carboxylic acids is 2. The van der Waals surface area contributed by atoms with Crippen LogP contribution in [-0.2, 0) is 19.1 Å². The molecule has 338 valence electrons. The number of carbonyl (C=O) groups is 2. The van der Waals surface area contributed by atoms with Gasteiger partial charge in [0.2, 0.25) is 0 Å². The highest BCUT2D eigenvalue weighted by Gasteiger charge is 2.19. The van der Waals surface area contributed by atoms with Gasteiger partial charge < -0.3 is 19.7 Å². The summed E-state index contributed by atoms with van der Waals surface area (Å²) in [5, 5.41) is 21.9. The molecule has 2 N–H and O–H groups in total. The quantitative estimate of drug-likeness (QED) is 0.0357. The molecule has 3 unspecified atom stereocenters. The van der Waals surface area contributed by atoms with Crippen LogP contribution < -0.4 is 0 Å². The molecule has 57 heavy (non-hydrogen) atoms. The molecule has 8 heteroatoms. The van der Waals surface area contributed by atoms with Gasteiger partial charge in [0, 0.05) is 51.6 Å². The molecule has 0 aliphatic heterocycles. The normalized spacial score (nSPS) is 13.4. The second-order valence-corrected chi connectivity index (χ2v) is 17.7. The van der Waals surface area contributed by atoms with Crippen LogP contribution in [0.5, 0.6) is 0 Å². The average molecular weight is 809 g/mol. The monoisotopic (exact) mass is 809 g/mol. The van der Waals surface area contributed by atoms with Crippen molar-refractivity contribution < 1.29 is 29.3 Å². The van der Waals surface area contributed by atoms with E-state index in [4.69, 9.17) is 9.47 Å². The molecular formula is C49H96N2O6. The number of aliphatic hydroxyl groups excluding tert-OH is 2. The Kier molecular flexibility index (Phi) is 38.9. The third-order valence-corrected chi connectivity index (χ3v) is 11.3. The van der Waals surface area contributed by atoms with Gasteiger partial charge >= 0.3 is 11.9 Å². The number of ether oxygens (including phenoxy) is 2. The van der Waals surface area contributed by atoms with Crippen molar-refractivity contribution in [1.82, 2.24) is 9.80 Å². The van der Waals surface area contributed by atoms with E-state index in [-0.39, 0.29) is 18.4 Å². The van der Waals surface area contributed by atoms with Crippen molar-refractivity contribution in [3.05, 3.63) is 12.2 Å². The van der Waals surface area contributed by atoms with Crippen LogP contribution in [0, 0.1) is 5.92 Å². The molecule has 0 spiro atoms. The maximum atomic E-state index is 12.8. The van der Waals surface area contributed by atoms with Gasteiger partial charge in [0.25, 0.3) is 0 Å². The van der Waals surface area contributed by atoms with Gasteiger partial charge in [0.05, 0.1) is 25.2 Å². The minimum absolute atomic E-state index is 0.125. The maximum Gasteiger partial charge on any atom is 0.307 e. The molecule has 8 nitrogen and oxygen atoms in total. The molecule has 0 aromatic carbocycles. The summed E-state index contributed by atoms with van der Waals surface area (Å²) in [5.41, 5.74) is 1.07. The van der Waals surface area contributed by atoms with Gasteiger partial charge in [0.15, 0.2) is 0 Å². The molecule has 0 saturated carbocycles. The van der Waals surface area contributed by atoms with E-state index in [0.29, 0.717) is 57.6 Å². The first kappa shape index (κ1) is 55.5. The predicted molar refractivity (Wildman–Crippen MR) is 242 cm³/mol. The Hall–Kier alpha value is -1.48. The number of hydrogen-bond acceptors (Lipinski definition) is 8. The molecule has 3 atom stereocenters. The lowest BCUT2D eigenvalue weighted by molar-refractivity contribution is -0.145. The van der Waals surface area contributed by atoms with Gasteiger partial charge in [-0.25, -0.2) is 0 Å². The fraction of sp³-hybridized carbons (Fsp3) is 0.918. The molecule has 0 aliphatic rings. The highest BCUT2D eigenvalue weighted by atomic mass is 16.5. The number of hydrogen-bond donors (Lipinski definition) is 2. The Morgan fingerprint density at radius 2 is 0.947 bits per heavy atom. The second-order valence-electron chi connectivity index (χ2n) is 17.7. The molecule has 0 heterocycles. The van der Waals surface area contributed by atoms with Crippen molar-refractivity contribution in [2.24, 2.45) is 5.92 Å². The van der Waals surface area contributed by atoms with Crippen molar-refractivity contribution in [3.63, 3.8) is 0 Å². The molecular weight excluding hydrogens is 713 g/mol. The Balaban J connectivity index is 4.72. The highest BCUT2D eigenvalue weighted by Crippen LogP contribution is 2.17. The topological polar surface area (TPSA) is 99.5 Å². The van der Waals surface area contributed by atoms with E-state index in [9.17, 15) is 19.8 Å². The fourth-order valence-corrected chi connectivity index (χ4v) is 7.64. The number of rotatable bonds is 43. The summed E-state index contributed by atoms with van der Waals surface area (Å²) < 4.78 is 11.1. The number of aliphatic hydroxyl groups is 2. The summed E-state index contributed by atoms with van der Waals surface area (Å²) in [6, 6.07) is 0.323. The zero-order valence-corrected chi connectivity index (χ0v) is 38.7. The van der Waals surface area contributed by atoms with Crippen LogP contribution in [0.4, 0.5) is 0 Å². The molecule has 0 rings (SSSR count). The molecule has 0 radical (unpaired) electrons. The van der Waals surface area contributed by atoms with Crippen molar-refractivity contribution >= 4 is 11.9 Å². The standard InChI is InChI=1S/C49H96N2O6/c1-8-11-13-15-17-19-21-23-25-27-30-46(52)41-50(42-47(53)31-28-26-24-22-20-18-16-14-12-9-2)36-34-49(55)56-38-35-44(6)32-33-45(7)51(40-43(4)5)37-39-57-48(54)29-10-3/h43,45-47,52-53H,6,8-42H2,1-5,7H3. The van der Waals surface area contributed by atoms with E-state index in [1.807, 2.05) is 6.92 Å². The van der Waals surface area contributed by atoms with Gasteiger partial charge in [-0.2, -0.15) is 0 Å². The molecule has 0 bridgehead atoms. The number of unbranched alkanes of at least 4 members (excludes halogenated alkanes) is 18. The van der Waals surface area contributed by atoms with Crippen molar-refractivity contribution in [1.29, 1.82) is 0 Å². The van der Waals surface area contributed by atoms with Gasteiger partial charge in [-0.3, -0.25) is 19.4 Å². The van der Waals surface area contributed by atoms with Crippen LogP contribution in [0.25, 0.3) is 0 Å². The third-order valence-electron chi connectivity index (χ3n) is 11.3. The van der Waals surface area contributed by atoms with Gasteiger partial charge in [-0.1, -0.05) is 175 Å². The Morgan fingerprint density at radius 1 is 0.509 bits per heavy atom. The second kappa shape index (κ2) is 40.0. The molecule has 0 saturated heterocycles. The van der Waals surface area contributed by atoms with Gasteiger partial charge in [-0.05, 0) is 44.9 Å². The first-order chi connectivity index (χ1) is 27.5. The Bertz CT molecular complexity index is 898. The molecule has 0 aromatic heterocycles. The SMILES string of the molecule is C=C(CCOC(=O)CCN(CC(O)CCCCCCCCCCCC)CC(O)CCCCCCCCCCCC)CCC(C)N(CCOC(=O)CCC)CC(C)C. The molecule has 0 aliphatic carbocycles. The van der Waals surface area contributed by atoms with Crippen LogP contribution in [-0.4, -0.2) is 96.1 Å². The minimum Gasteiger partial charge on any atom is -0.465 e. The zero-order chi connectivity index (χ0) is 42.4. The van der Waals surface area contributed by atoms with E-state index in [1.54, 1.807) is 0 Å². The first-order valence-electron chi connectivity index (χ1n) is 24.3. The lowest BCUT2D eigenvalue weighted by Gasteiger charge is -2.30. The zero-order valence-electron chi connectivity index (χ0n) is 38.7. The van der Waals surface area contributed by atoms with Crippen LogP contribution in [0.1, 0.15) is 221 Å². The molecule has 0 amide bonds. The third kappa shape index (κ3) is 37.3. The van der Waals surface area contributed by atoms with Crippen LogP contribution in [0.3, 0.4) is 0 Å². The summed E-state index contributed by atoms with van der Waals surface area (Å²) in [5.74, 6) is 0.146. The van der Waals surface area contributed by atoms with Gasteiger partial charge in [-0.15, -0.1) is 0 Å². The van der Waals surface area contributed by atoms with E-state index < -0.39 is 12.2 Å². The van der Waals surface area contributed by atoms with Crippen LogP contribution in [0.2, 0.25) is 0 Å². The van der Waals surface area contributed by atoms with Crippen molar-refractivity contribution in [3.8, 4) is 0 Å². The highest BCUT2D eigenvalue weighted by molar-refractivity contribution is 5.69. The molecule has 0 fully saturated rings. The minimum atomic E-state index is -0.460. The Labute approximate surface area is 353 Å². The van der Waals surface area contributed by atoms with E-state index in [0.717, 1.165) is 76.5 Å². The average Bonchev–Trinajstić information content (AvgIpc) is 3.17. The van der Waals surface area contributed by atoms with Crippen LogP contribution >= 0.6 is 0 Å². The van der Waals surface area contributed by atoms with Gasteiger partial charge in [0.1, 0.15) is 6.61 Å². The van der Waals surface area contributed by atoms with E-state index in [1.165, 1.54) is 103 Å². The lowest BCUT2D eigenvalue weighted by Crippen LogP contribution is -2.39. The van der Waals surface area contributed by atoms with E-state index >= 15 is 0 Å². The summed E-state index contributed by atoms with van der Waals surface area (Å²) in [6.07, 6.45) is 29.9. The summed E-state index contributed by atoms with van der Waals surface area (Å²) in [6.45, 7) is 21.2. The number of nitrogens with zero attached hydrogens (tertiary/aromatic N) is 2. The maximum absolute atomic E-state index is 12.8. The van der Waals surface area contributed by atoms with Crippen molar-refractivity contribution in [2.75, 3.05) is 45.9 Å². The predicted octanol–water partition coefficient (Wildman–Crippen LogP) is 12.0. The largest absolute Gasteiger partial charge is 0.465 e. The van der Waals surface area contributed by atoms with Crippen LogP contribution in [0.15, 0.2) is 12.2 Å². The lowest BCUT2D eigenvalue weighted by atomic mass is 10.0. The molecule has 0 aromatic rings.